The maximum Gasteiger partial charge on any atom is 0.227 e. The van der Waals surface area contributed by atoms with E-state index in [-0.39, 0.29) is 12.0 Å². The largest absolute Gasteiger partial charge is 0.393 e. The number of hydrogen-bond acceptors (Lipinski definition) is 2. The molecule has 0 unspecified atom stereocenters. The van der Waals surface area contributed by atoms with Gasteiger partial charge in [-0.25, -0.2) is 0 Å². The summed E-state index contributed by atoms with van der Waals surface area (Å²) in [5, 5.41) is 9.48. The molecule has 1 aliphatic rings. The van der Waals surface area contributed by atoms with Crippen molar-refractivity contribution in [2.75, 3.05) is 13.1 Å². The molecule has 1 amide bonds. The molecule has 0 aromatic heterocycles. The monoisotopic (exact) mass is 261 g/mol. The fourth-order valence-corrected chi connectivity index (χ4v) is 2.87. The van der Waals surface area contributed by atoms with Gasteiger partial charge in [0.05, 0.1) is 12.5 Å². The van der Waals surface area contributed by atoms with Crippen LogP contribution in [-0.4, -0.2) is 35.1 Å². The van der Waals surface area contributed by atoms with Gasteiger partial charge < -0.3 is 10.0 Å². The Morgan fingerprint density at radius 3 is 2.26 bits per heavy atom. The van der Waals surface area contributed by atoms with Gasteiger partial charge in [0.25, 0.3) is 0 Å². The van der Waals surface area contributed by atoms with E-state index in [1.807, 2.05) is 4.90 Å². The number of piperidine rings is 1. The Morgan fingerprint density at radius 2 is 1.74 bits per heavy atom. The van der Waals surface area contributed by atoms with Crippen LogP contribution < -0.4 is 0 Å². The number of carbonyl (C=O) groups excluding carboxylic acids is 1. The quantitative estimate of drug-likeness (QED) is 0.886. The maximum absolute atomic E-state index is 12.3. The molecule has 3 heteroatoms. The first kappa shape index (κ1) is 14.1. The van der Waals surface area contributed by atoms with Crippen LogP contribution in [0.25, 0.3) is 0 Å². The van der Waals surface area contributed by atoms with E-state index in [4.69, 9.17) is 0 Å². The van der Waals surface area contributed by atoms with Crippen LogP contribution in [0.5, 0.6) is 0 Å². The molecule has 1 heterocycles. The second-order valence-electron chi connectivity index (χ2n) is 5.67. The van der Waals surface area contributed by atoms with Gasteiger partial charge in [-0.3, -0.25) is 4.79 Å². The number of hydrogen-bond donors (Lipinski definition) is 1. The topological polar surface area (TPSA) is 40.5 Å². The van der Waals surface area contributed by atoms with Crippen LogP contribution in [-0.2, 0) is 11.2 Å². The minimum atomic E-state index is -0.230. The van der Waals surface area contributed by atoms with Crippen molar-refractivity contribution in [1.82, 2.24) is 4.90 Å². The molecule has 0 radical (unpaired) electrons. The summed E-state index contributed by atoms with van der Waals surface area (Å²) in [7, 11) is 0. The number of nitrogens with zero attached hydrogens (tertiary/aromatic N) is 1. The highest BCUT2D eigenvalue weighted by atomic mass is 16.3. The molecule has 1 saturated heterocycles. The summed E-state index contributed by atoms with van der Waals surface area (Å²) in [5.74, 6) is 0.182. The Labute approximate surface area is 115 Å². The lowest BCUT2D eigenvalue weighted by atomic mass is 9.96. The molecule has 1 aliphatic heterocycles. The first-order chi connectivity index (χ1) is 8.97. The number of aliphatic hydroxyl groups is 1. The summed E-state index contributed by atoms with van der Waals surface area (Å²) < 4.78 is 0. The van der Waals surface area contributed by atoms with Crippen LogP contribution in [0.2, 0.25) is 0 Å². The minimum Gasteiger partial charge on any atom is -0.393 e. The van der Waals surface area contributed by atoms with E-state index in [0.717, 1.165) is 5.56 Å². The zero-order valence-corrected chi connectivity index (χ0v) is 12.1. The van der Waals surface area contributed by atoms with E-state index in [2.05, 4.69) is 32.9 Å². The van der Waals surface area contributed by atoms with Crippen molar-refractivity contribution in [3.63, 3.8) is 0 Å². The number of benzene rings is 1. The van der Waals surface area contributed by atoms with Gasteiger partial charge in [-0.2, -0.15) is 0 Å². The van der Waals surface area contributed by atoms with E-state index in [1.165, 1.54) is 16.7 Å². The van der Waals surface area contributed by atoms with Crippen molar-refractivity contribution in [2.24, 2.45) is 0 Å². The number of aliphatic hydroxyl groups excluding tert-OH is 1. The Morgan fingerprint density at radius 1 is 1.21 bits per heavy atom. The molecule has 104 valence electrons. The van der Waals surface area contributed by atoms with Crippen LogP contribution in [0.4, 0.5) is 0 Å². The van der Waals surface area contributed by atoms with Gasteiger partial charge in [0.2, 0.25) is 5.91 Å². The highest BCUT2D eigenvalue weighted by Gasteiger charge is 2.22. The molecule has 1 N–H and O–H groups in total. The van der Waals surface area contributed by atoms with E-state index < -0.39 is 0 Å². The molecular formula is C16H23NO2. The third kappa shape index (κ3) is 3.35. The van der Waals surface area contributed by atoms with Crippen LogP contribution in [0, 0.1) is 20.8 Å². The highest BCUT2D eigenvalue weighted by molar-refractivity contribution is 5.79. The van der Waals surface area contributed by atoms with Crippen molar-refractivity contribution in [1.29, 1.82) is 0 Å². The Kier molecular flexibility index (Phi) is 4.25. The van der Waals surface area contributed by atoms with E-state index >= 15 is 0 Å². The molecule has 19 heavy (non-hydrogen) atoms. The highest BCUT2D eigenvalue weighted by Crippen LogP contribution is 2.19. The first-order valence-electron chi connectivity index (χ1n) is 7.00. The van der Waals surface area contributed by atoms with Crippen LogP contribution in [0.1, 0.15) is 35.1 Å². The molecule has 0 bridgehead atoms. The molecule has 1 aromatic carbocycles. The molecule has 0 spiro atoms. The number of amides is 1. The van der Waals surface area contributed by atoms with Gasteiger partial charge in [-0.1, -0.05) is 17.7 Å². The van der Waals surface area contributed by atoms with E-state index in [0.29, 0.717) is 32.4 Å². The van der Waals surface area contributed by atoms with Crippen molar-refractivity contribution in [3.05, 3.63) is 34.4 Å². The summed E-state index contributed by atoms with van der Waals surface area (Å²) in [6.07, 6.45) is 1.66. The van der Waals surface area contributed by atoms with Crippen molar-refractivity contribution < 1.29 is 9.90 Å². The number of rotatable bonds is 2. The van der Waals surface area contributed by atoms with Crippen molar-refractivity contribution in [2.45, 2.75) is 46.1 Å². The lowest BCUT2D eigenvalue weighted by molar-refractivity contribution is -0.132. The molecular weight excluding hydrogens is 238 g/mol. The van der Waals surface area contributed by atoms with Crippen molar-refractivity contribution in [3.8, 4) is 0 Å². The summed E-state index contributed by atoms with van der Waals surface area (Å²) in [6.45, 7) is 7.59. The number of aryl methyl sites for hydroxylation is 3. The van der Waals surface area contributed by atoms with E-state index in [1.54, 1.807) is 0 Å². The molecule has 2 rings (SSSR count). The maximum atomic E-state index is 12.3. The van der Waals surface area contributed by atoms with Crippen molar-refractivity contribution >= 4 is 5.91 Å². The van der Waals surface area contributed by atoms with Crippen LogP contribution >= 0.6 is 0 Å². The zero-order chi connectivity index (χ0) is 14.0. The Hall–Kier alpha value is -1.35. The fraction of sp³-hybridized carbons (Fsp3) is 0.562. The van der Waals surface area contributed by atoms with Gasteiger partial charge in [-0.15, -0.1) is 0 Å². The SMILES string of the molecule is Cc1cc(C)c(CC(=O)N2CCC(O)CC2)c(C)c1. The average Bonchev–Trinajstić information content (AvgIpc) is 2.34. The lowest BCUT2D eigenvalue weighted by Crippen LogP contribution is -2.40. The van der Waals surface area contributed by atoms with Gasteiger partial charge >= 0.3 is 0 Å². The molecule has 0 atom stereocenters. The normalized spacial score (nSPS) is 16.7. The predicted molar refractivity (Wildman–Crippen MR) is 76.2 cm³/mol. The minimum absolute atomic E-state index is 0.182. The van der Waals surface area contributed by atoms with Gasteiger partial charge in [-0.05, 0) is 50.3 Å². The summed E-state index contributed by atoms with van der Waals surface area (Å²) in [6, 6.07) is 4.27. The number of carbonyl (C=O) groups is 1. The Bertz CT molecular complexity index is 451. The summed E-state index contributed by atoms with van der Waals surface area (Å²) in [4.78, 5) is 14.2. The zero-order valence-electron chi connectivity index (χ0n) is 12.1. The second-order valence-corrected chi connectivity index (χ2v) is 5.67. The number of likely N-dealkylation sites (tertiary alicyclic amines) is 1. The standard InChI is InChI=1S/C16H23NO2/c1-11-8-12(2)15(13(3)9-11)10-16(19)17-6-4-14(18)5-7-17/h8-9,14,18H,4-7,10H2,1-3H3. The second kappa shape index (κ2) is 5.74. The smallest absolute Gasteiger partial charge is 0.227 e. The lowest BCUT2D eigenvalue weighted by Gasteiger charge is -2.30. The summed E-state index contributed by atoms with van der Waals surface area (Å²) in [5.41, 5.74) is 4.79. The third-order valence-electron chi connectivity index (χ3n) is 3.99. The van der Waals surface area contributed by atoms with Crippen LogP contribution in [0.3, 0.4) is 0 Å². The van der Waals surface area contributed by atoms with Crippen LogP contribution in [0.15, 0.2) is 12.1 Å². The summed E-state index contributed by atoms with van der Waals surface area (Å²) >= 11 is 0. The van der Waals surface area contributed by atoms with Gasteiger partial charge in [0, 0.05) is 13.1 Å². The predicted octanol–water partition coefficient (Wildman–Crippen LogP) is 2.14. The molecule has 3 nitrogen and oxygen atoms in total. The third-order valence-corrected chi connectivity index (χ3v) is 3.99. The van der Waals surface area contributed by atoms with Gasteiger partial charge in [0.1, 0.15) is 0 Å². The Balaban J connectivity index is 2.07. The average molecular weight is 261 g/mol. The first-order valence-corrected chi connectivity index (χ1v) is 7.00. The molecule has 0 aliphatic carbocycles. The van der Waals surface area contributed by atoms with E-state index in [9.17, 15) is 9.90 Å². The molecule has 0 saturated carbocycles. The van der Waals surface area contributed by atoms with Gasteiger partial charge in [0.15, 0.2) is 0 Å². The molecule has 1 aromatic rings. The fourth-order valence-electron chi connectivity index (χ4n) is 2.87. The molecule has 1 fully saturated rings.